The maximum atomic E-state index is 14.1. The number of aryl methyl sites for hydroxylation is 1. The minimum atomic E-state index is -0.648. The van der Waals surface area contributed by atoms with Gasteiger partial charge in [-0.15, -0.1) is 0 Å². The van der Waals surface area contributed by atoms with Gasteiger partial charge < -0.3 is 25.6 Å². The van der Waals surface area contributed by atoms with Crippen molar-refractivity contribution in [2.24, 2.45) is 11.7 Å². The van der Waals surface area contributed by atoms with Crippen molar-refractivity contribution in [3.8, 4) is 0 Å². The number of aliphatic hydroxyl groups is 1. The average Bonchev–Trinajstić information content (AvgIpc) is 3.58. The number of nitrogens with zero attached hydrogens (tertiary/aromatic N) is 2. The van der Waals surface area contributed by atoms with E-state index < -0.39 is 30.0 Å². The average molecular weight is 485 g/mol. The molecule has 0 radical (unpaired) electrons. The Morgan fingerprint density at radius 2 is 1.94 bits per heavy atom. The van der Waals surface area contributed by atoms with Crippen LogP contribution in [0.25, 0.3) is 10.9 Å². The molecule has 3 unspecified atom stereocenters. The van der Waals surface area contributed by atoms with Crippen molar-refractivity contribution in [1.29, 1.82) is 0 Å². The Kier molecular flexibility index (Phi) is 5.15. The lowest BCUT2D eigenvalue weighted by Gasteiger charge is -2.41. The molecule has 180 valence electrons. The number of hydrogen-bond donors (Lipinski definition) is 3. The summed E-state index contributed by atoms with van der Waals surface area (Å²) in [6, 6.07) is 4.06. The summed E-state index contributed by atoms with van der Waals surface area (Å²) >= 11 is 6.24. The Bertz CT molecular complexity index is 1200. The molecule has 6 rings (SSSR count). The highest BCUT2D eigenvalue weighted by Crippen LogP contribution is 2.47. The number of nitrogens with one attached hydrogen (secondary N) is 1. The molecule has 4 aliphatic rings. The van der Waals surface area contributed by atoms with Gasteiger partial charge in [-0.25, -0.2) is 0 Å². The van der Waals surface area contributed by atoms with Crippen molar-refractivity contribution in [1.82, 2.24) is 14.8 Å². The van der Waals surface area contributed by atoms with Gasteiger partial charge in [0, 0.05) is 28.2 Å². The molecule has 2 bridgehead atoms. The Hall–Kier alpha value is -2.58. The first kappa shape index (κ1) is 21.9. The van der Waals surface area contributed by atoms with Gasteiger partial charge in [0.2, 0.25) is 17.7 Å². The van der Waals surface area contributed by atoms with Crippen molar-refractivity contribution < 1.29 is 19.5 Å². The van der Waals surface area contributed by atoms with Crippen molar-refractivity contribution in [2.75, 3.05) is 6.54 Å². The van der Waals surface area contributed by atoms with Gasteiger partial charge in [0.15, 0.2) is 0 Å². The molecule has 2 aromatic rings. The van der Waals surface area contributed by atoms with E-state index in [0.717, 1.165) is 41.4 Å². The second-order valence-electron chi connectivity index (χ2n) is 10.3. The number of benzene rings is 1. The number of aliphatic hydroxyl groups excluding tert-OH is 1. The Labute approximate surface area is 202 Å². The number of primary amides is 1. The molecule has 34 heavy (non-hydrogen) atoms. The summed E-state index contributed by atoms with van der Waals surface area (Å²) in [5.41, 5.74) is 8.53. The van der Waals surface area contributed by atoms with Gasteiger partial charge in [-0.3, -0.25) is 14.4 Å². The van der Waals surface area contributed by atoms with E-state index in [-0.39, 0.29) is 23.8 Å². The molecular weight excluding hydrogens is 456 g/mol. The van der Waals surface area contributed by atoms with E-state index >= 15 is 0 Å². The third-order valence-corrected chi connectivity index (χ3v) is 8.71. The molecule has 1 aromatic carbocycles. The maximum absolute atomic E-state index is 14.1. The van der Waals surface area contributed by atoms with Gasteiger partial charge in [0.05, 0.1) is 18.1 Å². The highest BCUT2D eigenvalue weighted by atomic mass is 35.5. The molecule has 1 aromatic heterocycles. The SMILES string of the molecule is NC(=O)[C@@H]1CCCN1C(=O)[C@@H]1C2CC([C@@H](O)C2)N1C(=O)C1CCCc2c1[nH]c1ccc(Cl)cc21. The van der Waals surface area contributed by atoms with Crippen molar-refractivity contribution in [3.63, 3.8) is 0 Å². The van der Waals surface area contributed by atoms with Crippen LogP contribution in [0.2, 0.25) is 5.02 Å². The van der Waals surface area contributed by atoms with Crippen LogP contribution in [0.5, 0.6) is 0 Å². The quantitative estimate of drug-likeness (QED) is 0.617. The zero-order valence-electron chi connectivity index (χ0n) is 18.9. The molecule has 2 aliphatic carbocycles. The van der Waals surface area contributed by atoms with Crippen LogP contribution in [0.4, 0.5) is 0 Å². The third kappa shape index (κ3) is 3.18. The minimum absolute atomic E-state index is 0.102. The molecule has 8 nitrogen and oxygen atoms in total. The predicted molar refractivity (Wildman–Crippen MR) is 126 cm³/mol. The van der Waals surface area contributed by atoms with Crippen molar-refractivity contribution in [3.05, 3.63) is 34.5 Å². The van der Waals surface area contributed by atoms with Gasteiger partial charge in [0.1, 0.15) is 12.1 Å². The second kappa shape index (κ2) is 7.99. The van der Waals surface area contributed by atoms with Crippen LogP contribution in [-0.4, -0.2) is 68.4 Å². The fourth-order valence-corrected chi connectivity index (χ4v) is 7.17. The van der Waals surface area contributed by atoms with Crippen LogP contribution in [0.15, 0.2) is 18.2 Å². The molecule has 1 saturated carbocycles. The van der Waals surface area contributed by atoms with Crippen molar-refractivity contribution in [2.45, 2.75) is 75.1 Å². The van der Waals surface area contributed by atoms with Crippen LogP contribution in [0.3, 0.4) is 0 Å². The van der Waals surface area contributed by atoms with Gasteiger partial charge in [-0.1, -0.05) is 11.6 Å². The van der Waals surface area contributed by atoms with E-state index in [1.807, 2.05) is 18.2 Å². The Balaban J connectivity index is 1.35. The maximum Gasteiger partial charge on any atom is 0.246 e. The largest absolute Gasteiger partial charge is 0.391 e. The first-order chi connectivity index (χ1) is 16.3. The normalized spacial score (nSPS) is 32.4. The summed E-state index contributed by atoms with van der Waals surface area (Å²) in [6.45, 7) is 0.473. The smallest absolute Gasteiger partial charge is 0.246 e. The molecule has 3 amide bonds. The number of aromatic nitrogens is 1. The van der Waals surface area contributed by atoms with E-state index in [0.29, 0.717) is 37.3 Å². The van der Waals surface area contributed by atoms with Gasteiger partial charge in [0.25, 0.3) is 0 Å². The lowest BCUT2D eigenvalue weighted by molar-refractivity contribution is -0.153. The van der Waals surface area contributed by atoms with Crippen LogP contribution in [-0.2, 0) is 20.8 Å². The third-order valence-electron chi connectivity index (χ3n) is 8.48. The summed E-state index contributed by atoms with van der Waals surface area (Å²) in [7, 11) is 0. The summed E-state index contributed by atoms with van der Waals surface area (Å²) in [6.07, 6.45) is 4.17. The molecule has 6 atom stereocenters. The molecule has 9 heteroatoms. The van der Waals surface area contributed by atoms with E-state index in [1.54, 1.807) is 9.80 Å². The minimum Gasteiger partial charge on any atom is -0.391 e. The summed E-state index contributed by atoms with van der Waals surface area (Å²) in [5, 5.41) is 12.4. The number of carbonyl (C=O) groups is 3. The van der Waals surface area contributed by atoms with Crippen LogP contribution in [0, 0.1) is 5.92 Å². The zero-order chi connectivity index (χ0) is 23.7. The molecule has 0 spiro atoms. The lowest BCUT2D eigenvalue weighted by Crippen LogP contribution is -2.59. The molecule has 3 heterocycles. The number of amides is 3. The number of hydrogen-bond acceptors (Lipinski definition) is 4. The molecule has 4 N–H and O–H groups in total. The first-order valence-corrected chi connectivity index (χ1v) is 12.6. The Morgan fingerprint density at radius 3 is 2.74 bits per heavy atom. The topological polar surface area (TPSA) is 120 Å². The van der Waals surface area contributed by atoms with E-state index in [4.69, 9.17) is 17.3 Å². The number of carbonyl (C=O) groups excluding carboxylic acids is 3. The van der Waals surface area contributed by atoms with Gasteiger partial charge in [-0.2, -0.15) is 0 Å². The number of halogens is 1. The molecule has 3 fully saturated rings. The van der Waals surface area contributed by atoms with E-state index in [2.05, 4.69) is 4.98 Å². The van der Waals surface area contributed by atoms with Gasteiger partial charge in [-0.05, 0) is 74.6 Å². The summed E-state index contributed by atoms with van der Waals surface area (Å²) in [5.74, 6) is -1.32. The first-order valence-electron chi connectivity index (χ1n) is 12.2. The standard InChI is InChI=1S/C25H29ClN4O4/c26-13-6-7-17-16(11-13)14-3-1-4-15(21(14)28-17)24(33)30-19-9-12(10-20(19)31)22(30)25(34)29-8-2-5-18(29)23(27)32/h6-7,11-12,15,18-20,22,28,31H,1-5,8-10H2,(H2,27,32)/t12?,15?,18-,19?,20-,22-/m0/s1. The highest BCUT2D eigenvalue weighted by molar-refractivity contribution is 6.31. The number of rotatable bonds is 3. The fraction of sp³-hybridized carbons (Fsp3) is 0.560. The van der Waals surface area contributed by atoms with E-state index in [1.165, 1.54) is 0 Å². The predicted octanol–water partition coefficient (Wildman–Crippen LogP) is 2.07. The second-order valence-corrected chi connectivity index (χ2v) is 10.7. The summed E-state index contributed by atoms with van der Waals surface area (Å²) in [4.78, 5) is 46.4. The number of nitrogens with two attached hydrogens (primary N) is 1. The zero-order valence-corrected chi connectivity index (χ0v) is 19.6. The molecular formula is C25H29ClN4O4. The highest BCUT2D eigenvalue weighted by Gasteiger charge is 2.58. The monoisotopic (exact) mass is 484 g/mol. The molecule has 2 aliphatic heterocycles. The number of H-pyrrole nitrogens is 1. The number of fused-ring (bicyclic) bond motifs is 5. The number of piperidine rings is 1. The number of likely N-dealkylation sites (tertiary alicyclic amines) is 2. The molecule has 2 saturated heterocycles. The van der Waals surface area contributed by atoms with Crippen LogP contribution >= 0.6 is 11.6 Å². The van der Waals surface area contributed by atoms with Gasteiger partial charge >= 0.3 is 0 Å². The number of aromatic amines is 1. The lowest BCUT2D eigenvalue weighted by atomic mass is 9.84. The fourth-order valence-electron chi connectivity index (χ4n) is 7.00. The van der Waals surface area contributed by atoms with Crippen LogP contribution in [0.1, 0.15) is 55.7 Å². The van der Waals surface area contributed by atoms with E-state index in [9.17, 15) is 19.5 Å². The van der Waals surface area contributed by atoms with Crippen molar-refractivity contribution >= 4 is 40.2 Å². The Morgan fingerprint density at radius 1 is 1.12 bits per heavy atom. The van der Waals surface area contributed by atoms with Crippen LogP contribution < -0.4 is 5.73 Å². The summed E-state index contributed by atoms with van der Waals surface area (Å²) < 4.78 is 0.